The minimum Gasteiger partial charge on any atom is -0.368 e. The fourth-order valence-electron chi connectivity index (χ4n) is 3.58. The Morgan fingerprint density at radius 1 is 1.04 bits per heavy atom. The number of carbonyl (C=O) groups excluding carboxylic acids is 2. The number of rotatable bonds is 5. The molecule has 25 heavy (non-hydrogen) atoms. The zero-order valence-corrected chi connectivity index (χ0v) is 14.9. The van der Waals surface area contributed by atoms with Gasteiger partial charge in [0, 0.05) is 45.0 Å². The maximum absolute atomic E-state index is 13.0. The molecular formula is C19H26FN3O2. The van der Waals surface area contributed by atoms with E-state index in [1.807, 2.05) is 23.6 Å². The zero-order valence-electron chi connectivity index (χ0n) is 14.9. The molecule has 1 aromatic carbocycles. The van der Waals surface area contributed by atoms with Crippen molar-refractivity contribution >= 4 is 17.5 Å². The molecule has 2 aliphatic rings. The molecule has 2 atom stereocenters. The van der Waals surface area contributed by atoms with Crippen LogP contribution in [-0.4, -0.2) is 60.9 Å². The van der Waals surface area contributed by atoms with Crippen LogP contribution in [0.3, 0.4) is 0 Å². The molecule has 1 saturated heterocycles. The molecule has 1 aliphatic heterocycles. The molecule has 136 valence electrons. The summed E-state index contributed by atoms with van der Waals surface area (Å²) in [6.45, 7) is 8.10. The van der Waals surface area contributed by atoms with Crippen molar-refractivity contribution in [2.45, 2.75) is 20.3 Å². The summed E-state index contributed by atoms with van der Waals surface area (Å²) in [5, 5.41) is 0. The fourth-order valence-corrected chi connectivity index (χ4v) is 3.58. The summed E-state index contributed by atoms with van der Waals surface area (Å²) >= 11 is 0. The van der Waals surface area contributed by atoms with Crippen molar-refractivity contribution in [3.05, 3.63) is 30.1 Å². The SMILES string of the molecule is CCN(CC)C(=O)C1CC1C(=O)N1CCN(c2ccc(F)cc2)CC1. The summed E-state index contributed by atoms with van der Waals surface area (Å²) in [4.78, 5) is 30.8. The number of carbonyl (C=O) groups is 2. The molecule has 6 heteroatoms. The molecule has 0 aromatic heterocycles. The molecule has 5 nitrogen and oxygen atoms in total. The Bertz CT molecular complexity index is 622. The lowest BCUT2D eigenvalue weighted by Gasteiger charge is -2.36. The molecule has 1 heterocycles. The molecule has 1 saturated carbocycles. The Labute approximate surface area is 148 Å². The van der Waals surface area contributed by atoms with Crippen LogP contribution in [-0.2, 0) is 9.59 Å². The molecule has 1 aromatic rings. The lowest BCUT2D eigenvalue weighted by atomic mass is 10.2. The van der Waals surface area contributed by atoms with Crippen LogP contribution in [0.4, 0.5) is 10.1 Å². The smallest absolute Gasteiger partial charge is 0.226 e. The molecule has 0 spiro atoms. The molecule has 0 radical (unpaired) electrons. The standard InChI is InChI=1S/C19H26FN3O2/c1-3-21(4-2)18(24)16-13-17(16)19(25)23-11-9-22(10-12-23)15-7-5-14(20)6-8-15/h5-8,16-17H,3-4,9-13H2,1-2H3. The van der Waals surface area contributed by atoms with Crippen LogP contribution >= 0.6 is 0 Å². The average molecular weight is 347 g/mol. The lowest BCUT2D eigenvalue weighted by Crippen LogP contribution is -2.49. The summed E-state index contributed by atoms with van der Waals surface area (Å²) in [7, 11) is 0. The summed E-state index contributed by atoms with van der Waals surface area (Å²) in [6.07, 6.45) is 0.687. The quantitative estimate of drug-likeness (QED) is 0.818. The van der Waals surface area contributed by atoms with Crippen LogP contribution in [0.2, 0.25) is 0 Å². The van der Waals surface area contributed by atoms with Crippen LogP contribution in [0.1, 0.15) is 20.3 Å². The Kier molecular flexibility index (Phi) is 5.25. The first-order valence-corrected chi connectivity index (χ1v) is 9.13. The molecule has 2 unspecified atom stereocenters. The molecular weight excluding hydrogens is 321 g/mol. The van der Waals surface area contributed by atoms with Crippen LogP contribution in [0.25, 0.3) is 0 Å². The van der Waals surface area contributed by atoms with E-state index in [1.54, 1.807) is 12.1 Å². The predicted molar refractivity (Wildman–Crippen MR) is 94.7 cm³/mol. The van der Waals surface area contributed by atoms with Gasteiger partial charge >= 0.3 is 0 Å². The number of benzene rings is 1. The normalized spacial score (nSPS) is 22.7. The van der Waals surface area contributed by atoms with E-state index >= 15 is 0 Å². The van der Waals surface area contributed by atoms with Crippen molar-refractivity contribution in [3.63, 3.8) is 0 Å². The number of piperazine rings is 1. The number of anilines is 1. The second-order valence-corrected chi connectivity index (χ2v) is 6.75. The van der Waals surface area contributed by atoms with Gasteiger partial charge in [-0.3, -0.25) is 9.59 Å². The summed E-state index contributed by atoms with van der Waals surface area (Å²) < 4.78 is 13.0. The largest absolute Gasteiger partial charge is 0.368 e. The van der Waals surface area contributed by atoms with Crippen LogP contribution in [0.15, 0.2) is 24.3 Å². The third-order valence-electron chi connectivity index (χ3n) is 5.28. The van der Waals surface area contributed by atoms with Crippen molar-refractivity contribution in [3.8, 4) is 0 Å². The Morgan fingerprint density at radius 2 is 1.64 bits per heavy atom. The molecule has 0 N–H and O–H groups in total. The van der Waals surface area contributed by atoms with E-state index in [1.165, 1.54) is 12.1 Å². The van der Waals surface area contributed by atoms with Gasteiger partial charge in [0.15, 0.2) is 0 Å². The second-order valence-electron chi connectivity index (χ2n) is 6.75. The predicted octanol–water partition coefficient (Wildman–Crippen LogP) is 1.98. The molecule has 1 aliphatic carbocycles. The Balaban J connectivity index is 1.51. The minimum absolute atomic E-state index is 0.115. The van der Waals surface area contributed by atoms with Gasteiger partial charge in [-0.25, -0.2) is 4.39 Å². The Morgan fingerprint density at radius 3 is 2.20 bits per heavy atom. The summed E-state index contributed by atoms with van der Waals surface area (Å²) in [5.41, 5.74) is 0.981. The third kappa shape index (κ3) is 3.78. The van der Waals surface area contributed by atoms with Crippen LogP contribution in [0, 0.1) is 17.7 Å². The van der Waals surface area contributed by atoms with Gasteiger partial charge in [-0.05, 0) is 44.5 Å². The van der Waals surface area contributed by atoms with Gasteiger partial charge in [0.2, 0.25) is 11.8 Å². The van der Waals surface area contributed by atoms with Crippen molar-refractivity contribution in [2.75, 3.05) is 44.2 Å². The molecule has 2 fully saturated rings. The van der Waals surface area contributed by atoms with E-state index in [0.29, 0.717) is 32.6 Å². The average Bonchev–Trinajstić information content (AvgIpc) is 3.43. The Hall–Kier alpha value is -2.11. The highest BCUT2D eigenvalue weighted by molar-refractivity contribution is 5.92. The second kappa shape index (κ2) is 7.42. The van der Waals surface area contributed by atoms with E-state index in [4.69, 9.17) is 0 Å². The highest BCUT2D eigenvalue weighted by atomic mass is 19.1. The van der Waals surface area contributed by atoms with E-state index in [9.17, 15) is 14.0 Å². The van der Waals surface area contributed by atoms with Crippen molar-refractivity contribution in [1.82, 2.24) is 9.80 Å². The summed E-state index contributed by atoms with van der Waals surface area (Å²) in [6, 6.07) is 6.46. The first-order valence-electron chi connectivity index (χ1n) is 9.13. The maximum Gasteiger partial charge on any atom is 0.226 e. The topological polar surface area (TPSA) is 43.9 Å². The van der Waals surface area contributed by atoms with Crippen LogP contribution < -0.4 is 4.90 Å². The van der Waals surface area contributed by atoms with Gasteiger partial charge in [0.05, 0.1) is 11.8 Å². The number of amides is 2. The van der Waals surface area contributed by atoms with E-state index in [0.717, 1.165) is 18.8 Å². The number of nitrogens with zero attached hydrogens (tertiary/aromatic N) is 3. The van der Waals surface area contributed by atoms with E-state index in [-0.39, 0.29) is 29.5 Å². The van der Waals surface area contributed by atoms with Crippen molar-refractivity contribution in [2.24, 2.45) is 11.8 Å². The number of hydrogen-bond donors (Lipinski definition) is 0. The molecule has 2 amide bonds. The first-order chi connectivity index (χ1) is 12.0. The zero-order chi connectivity index (χ0) is 18.0. The van der Waals surface area contributed by atoms with Gasteiger partial charge in [-0.1, -0.05) is 0 Å². The van der Waals surface area contributed by atoms with Gasteiger partial charge < -0.3 is 14.7 Å². The van der Waals surface area contributed by atoms with Crippen molar-refractivity contribution in [1.29, 1.82) is 0 Å². The molecule has 0 bridgehead atoms. The minimum atomic E-state index is -0.241. The molecule has 3 rings (SSSR count). The monoisotopic (exact) mass is 347 g/mol. The number of hydrogen-bond acceptors (Lipinski definition) is 3. The van der Waals surface area contributed by atoms with Crippen molar-refractivity contribution < 1.29 is 14.0 Å². The van der Waals surface area contributed by atoms with Gasteiger partial charge in [0.1, 0.15) is 5.82 Å². The highest BCUT2D eigenvalue weighted by Crippen LogP contribution is 2.41. The summed E-state index contributed by atoms with van der Waals surface area (Å²) in [5.74, 6) is -0.263. The maximum atomic E-state index is 13.0. The fraction of sp³-hybridized carbons (Fsp3) is 0.579. The van der Waals surface area contributed by atoms with Gasteiger partial charge in [0.25, 0.3) is 0 Å². The van der Waals surface area contributed by atoms with E-state index in [2.05, 4.69) is 4.90 Å². The first kappa shape index (κ1) is 17.7. The lowest BCUT2D eigenvalue weighted by molar-refractivity contribution is -0.138. The number of halogens is 1. The highest BCUT2D eigenvalue weighted by Gasteiger charge is 2.50. The van der Waals surface area contributed by atoms with Gasteiger partial charge in [-0.15, -0.1) is 0 Å². The van der Waals surface area contributed by atoms with Gasteiger partial charge in [-0.2, -0.15) is 0 Å². The van der Waals surface area contributed by atoms with E-state index < -0.39 is 0 Å². The van der Waals surface area contributed by atoms with Crippen LogP contribution in [0.5, 0.6) is 0 Å². The third-order valence-corrected chi connectivity index (χ3v) is 5.28.